The Bertz CT molecular complexity index is 728. The van der Waals surface area contributed by atoms with Gasteiger partial charge in [-0.1, -0.05) is 12.1 Å². The van der Waals surface area contributed by atoms with Crippen molar-refractivity contribution in [3.05, 3.63) is 40.7 Å². The van der Waals surface area contributed by atoms with E-state index < -0.39 is 10.0 Å². The first kappa shape index (κ1) is 14.6. The van der Waals surface area contributed by atoms with Gasteiger partial charge in [0.1, 0.15) is 4.90 Å². The Kier molecular flexibility index (Phi) is 3.60. The molecule has 0 bridgehead atoms. The fourth-order valence-electron chi connectivity index (χ4n) is 2.26. The van der Waals surface area contributed by atoms with E-state index >= 15 is 0 Å². The lowest BCUT2D eigenvalue weighted by atomic mass is 10.1. The molecule has 1 N–H and O–H groups in total. The number of benzene rings is 1. The van der Waals surface area contributed by atoms with Crippen LogP contribution < -0.4 is 4.31 Å². The van der Waals surface area contributed by atoms with E-state index in [9.17, 15) is 8.42 Å². The van der Waals surface area contributed by atoms with Crippen LogP contribution in [0.5, 0.6) is 0 Å². The van der Waals surface area contributed by atoms with E-state index in [0.717, 1.165) is 11.1 Å². The highest BCUT2D eigenvalue weighted by Gasteiger charge is 2.28. The summed E-state index contributed by atoms with van der Waals surface area (Å²) in [4.78, 5) is 0.251. The van der Waals surface area contributed by atoms with Crippen LogP contribution in [-0.4, -0.2) is 25.7 Å². The molecule has 6 heteroatoms. The summed E-state index contributed by atoms with van der Waals surface area (Å²) in [5, 5.41) is 6.69. The van der Waals surface area contributed by atoms with Gasteiger partial charge in [-0.05, 0) is 44.9 Å². The molecule has 2 rings (SSSR count). The maximum absolute atomic E-state index is 12.8. The number of aromatic amines is 1. The Hall–Kier alpha value is -1.82. The monoisotopic (exact) mass is 293 g/mol. The van der Waals surface area contributed by atoms with Crippen LogP contribution in [-0.2, 0) is 10.0 Å². The zero-order chi connectivity index (χ0) is 15.1. The molecule has 20 heavy (non-hydrogen) atoms. The van der Waals surface area contributed by atoms with Gasteiger partial charge in [0.15, 0.2) is 0 Å². The molecule has 5 nitrogen and oxygen atoms in total. The van der Waals surface area contributed by atoms with Gasteiger partial charge in [-0.3, -0.25) is 9.40 Å². The molecule has 0 spiro atoms. The molecule has 0 aliphatic heterocycles. The molecule has 0 amide bonds. The number of aryl methyl sites for hydroxylation is 3. The van der Waals surface area contributed by atoms with Gasteiger partial charge < -0.3 is 0 Å². The summed E-state index contributed by atoms with van der Waals surface area (Å²) in [7, 11) is -2.04. The largest absolute Gasteiger partial charge is 0.281 e. The van der Waals surface area contributed by atoms with Crippen molar-refractivity contribution in [1.82, 2.24) is 10.2 Å². The first-order valence-electron chi connectivity index (χ1n) is 6.33. The van der Waals surface area contributed by atoms with Crippen LogP contribution in [0.4, 0.5) is 5.69 Å². The second-order valence-corrected chi connectivity index (χ2v) is 6.86. The van der Waals surface area contributed by atoms with Crippen molar-refractivity contribution >= 4 is 15.7 Å². The Balaban J connectivity index is 2.58. The average molecular weight is 293 g/mol. The van der Waals surface area contributed by atoms with E-state index in [4.69, 9.17) is 0 Å². The van der Waals surface area contributed by atoms with Gasteiger partial charge in [0.05, 0.1) is 17.1 Å². The smallest absolute Gasteiger partial charge is 0.267 e. The molecular weight excluding hydrogens is 274 g/mol. The Morgan fingerprint density at radius 2 is 1.80 bits per heavy atom. The van der Waals surface area contributed by atoms with Crippen LogP contribution in [0.25, 0.3) is 0 Å². The highest BCUT2D eigenvalue weighted by Crippen LogP contribution is 2.28. The van der Waals surface area contributed by atoms with Crippen LogP contribution in [0.15, 0.2) is 23.1 Å². The normalized spacial score (nSPS) is 11.7. The molecule has 1 heterocycles. The van der Waals surface area contributed by atoms with Crippen LogP contribution >= 0.6 is 0 Å². The van der Waals surface area contributed by atoms with Gasteiger partial charge in [0, 0.05) is 7.05 Å². The second kappa shape index (κ2) is 4.94. The topological polar surface area (TPSA) is 66.1 Å². The van der Waals surface area contributed by atoms with Crippen molar-refractivity contribution in [2.45, 2.75) is 32.6 Å². The van der Waals surface area contributed by atoms with E-state index in [-0.39, 0.29) is 4.90 Å². The first-order chi connectivity index (χ1) is 9.26. The summed E-state index contributed by atoms with van der Waals surface area (Å²) in [6.45, 7) is 7.29. The minimum Gasteiger partial charge on any atom is -0.281 e. The lowest BCUT2D eigenvalue weighted by Crippen LogP contribution is -2.28. The molecule has 0 saturated heterocycles. The Labute approximate surface area is 119 Å². The van der Waals surface area contributed by atoms with Gasteiger partial charge in [-0.2, -0.15) is 5.10 Å². The van der Waals surface area contributed by atoms with Crippen LogP contribution in [0.3, 0.4) is 0 Å². The molecule has 108 valence electrons. The van der Waals surface area contributed by atoms with Crippen LogP contribution in [0.2, 0.25) is 0 Å². The molecule has 0 aliphatic rings. The number of hydrogen-bond donors (Lipinski definition) is 1. The fourth-order valence-corrected chi connectivity index (χ4v) is 3.85. The summed E-state index contributed by atoms with van der Waals surface area (Å²) in [5.41, 5.74) is 3.74. The highest BCUT2D eigenvalue weighted by molar-refractivity contribution is 7.92. The molecule has 0 radical (unpaired) electrons. The first-order valence-corrected chi connectivity index (χ1v) is 7.77. The average Bonchev–Trinajstić information content (AvgIpc) is 2.72. The van der Waals surface area contributed by atoms with E-state index in [1.807, 2.05) is 32.0 Å². The molecule has 0 saturated carbocycles. The SMILES string of the molecule is Cc1cccc(N(C)S(=O)(=O)c2c(C)n[nH]c2C)c1C. The van der Waals surface area contributed by atoms with Crippen molar-refractivity contribution in [3.8, 4) is 0 Å². The number of nitrogens with zero attached hydrogens (tertiary/aromatic N) is 2. The summed E-state index contributed by atoms with van der Waals surface area (Å²) < 4.78 is 26.8. The minimum atomic E-state index is -3.61. The molecule has 1 aromatic heterocycles. The third-order valence-electron chi connectivity index (χ3n) is 3.59. The van der Waals surface area contributed by atoms with Gasteiger partial charge in [-0.15, -0.1) is 0 Å². The zero-order valence-electron chi connectivity index (χ0n) is 12.4. The minimum absolute atomic E-state index is 0.251. The second-order valence-electron chi connectivity index (χ2n) is 4.95. The van der Waals surface area contributed by atoms with E-state index in [2.05, 4.69) is 10.2 Å². The Morgan fingerprint density at radius 3 is 2.35 bits per heavy atom. The molecule has 0 aliphatic carbocycles. The number of hydrogen-bond acceptors (Lipinski definition) is 3. The standard InChI is InChI=1S/C14H19N3O2S/c1-9-7-6-8-13(10(9)2)17(5)20(18,19)14-11(3)15-16-12(14)4/h6-8H,1-5H3,(H,15,16). The van der Waals surface area contributed by atoms with Crippen LogP contribution in [0, 0.1) is 27.7 Å². The number of rotatable bonds is 3. The zero-order valence-corrected chi connectivity index (χ0v) is 13.2. The number of H-pyrrole nitrogens is 1. The van der Waals surface area contributed by atoms with Crippen molar-refractivity contribution in [2.24, 2.45) is 0 Å². The lowest BCUT2D eigenvalue weighted by molar-refractivity contribution is 0.593. The summed E-state index contributed by atoms with van der Waals surface area (Å²) >= 11 is 0. The van der Waals surface area contributed by atoms with Crippen molar-refractivity contribution < 1.29 is 8.42 Å². The van der Waals surface area contributed by atoms with E-state index in [1.165, 1.54) is 4.31 Å². The molecule has 2 aromatic rings. The number of sulfonamides is 1. The maximum atomic E-state index is 12.8. The van der Waals surface area contributed by atoms with Gasteiger partial charge in [0.25, 0.3) is 10.0 Å². The maximum Gasteiger partial charge on any atom is 0.267 e. The van der Waals surface area contributed by atoms with E-state index in [1.54, 1.807) is 20.9 Å². The summed E-state index contributed by atoms with van der Waals surface area (Å²) in [5.74, 6) is 0. The quantitative estimate of drug-likeness (QED) is 0.945. The summed E-state index contributed by atoms with van der Waals surface area (Å²) in [6, 6.07) is 5.64. The summed E-state index contributed by atoms with van der Waals surface area (Å²) in [6.07, 6.45) is 0. The number of anilines is 1. The highest BCUT2D eigenvalue weighted by atomic mass is 32.2. The third-order valence-corrected chi connectivity index (χ3v) is 5.63. The molecule has 0 unspecified atom stereocenters. The van der Waals surface area contributed by atoms with Gasteiger partial charge >= 0.3 is 0 Å². The van der Waals surface area contributed by atoms with Crippen LogP contribution in [0.1, 0.15) is 22.5 Å². The molecule has 1 aromatic carbocycles. The van der Waals surface area contributed by atoms with Crippen molar-refractivity contribution in [3.63, 3.8) is 0 Å². The predicted octanol–water partition coefficient (Wildman–Crippen LogP) is 2.47. The third kappa shape index (κ3) is 2.20. The van der Waals surface area contributed by atoms with Gasteiger partial charge in [-0.25, -0.2) is 8.42 Å². The number of aromatic nitrogens is 2. The number of nitrogens with one attached hydrogen (secondary N) is 1. The lowest BCUT2D eigenvalue weighted by Gasteiger charge is -2.22. The predicted molar refractivity (Wildman–Crippen MR) is 79.6 cm³/mol. The van der Waals surface area contributed by atoms with Crippen molar-refractivity contribution in [2.75, 3.05) is 11.4 Å². The van der Waals surface area contributed by atoms with Crippen molar-refractivity contribution in [1.29, 1.82) is 0 Å². The molecule has 0 atom stereocenters. The Morgan fingerprint density at radius 1 is 1.15 bits per heavy atom. The molecular formula is C14H19N3O2S. The van der Waals surface area contributed by atoms with Gasteiger partial charge in [0.2, 0.25) is 0 Å². The van der Waals surface area contributed by atoms with E-state index in [0.29, 0.717) is 17.1 Å². The molecule has 0 fully saturated rings. The fraction of sp³-hybridized carbons (Fsp3) is 0.357.